The van der Waals surface area contributed by atoms with Crippen LogP contribution in [0.5, 0.6) is 0 Å². The van der Waals surface area contributed by atoms with Crippen LogP contribution in [0.4, 0.5) is 5.13 Å². The number of thiazole rings is 1. The molecule has 0 aliphatic heterocycles. The minimum Gasteiger partial charge on any atom is -0.375 e. The molecule has 1 atom stereocenters. The van der Waals surface area contributed by atoms with Crippen LogP contribution in [0.3, 0.4) is 0 Å². The quantitative estimate of drug-likeness (QED) is 0.810. The molecule has 1 amide bonds. The number of amides is 1. The van der Waals surface area contributed by atoms with Crippen LogP contribution in [0.25, 0.3) is 0 Å². The van der Waals surface area contributed by atoms with Gasteiger partial charge in [0.1, 0.15) is 4.88 Å². The zero-order valence-electron chi connectivity index (χ0n) is 9.24. The Morgan fingerprint density at radius 3 is 3.06 bits per heavy atom. The van der Waals surface area contributed by atoms with Crippen LogP contribution in [0.1, 0.15) is 23.0 Å². The van der Waals surface area contributed by atoms with Crippen molar-refractivity contribution in [2.45, 2.75) is 18.7 Å². The van der Waals surface area contributed by atoms with Crippen LogP contribution in [-0.4, -0.2) is 16.3 Å². The predicted molar refractivity (Wildman–Crippen MR) is 70.1 cm³/mol. The number of aromatic nitrogens is 1. The van der Waals surface area contributed by atoms with Crippen molar-refractivity contribution in [2.24, 2.45) is 0 Å². The largest absolute Gasteiger partial charge is 0.375 e. The summed E-state index contributed by atoms with van der Waals surface area (Å²) in [6, 6.07) is 0. The molecule has 1 unspecified atom stereocenters. The number of anilines is 1. The Morgan fingerprint density at radius 2 is 2.47 bits per heavy atom. The number of nitrogens with one attached hydrogen (secondary N) is 1. The molecule has 1 heterocycles. The number of allylic oxidation sites excluding steroid dienone is 4. The maximum atomic E-state index is 11.9. The molecule has 3 N–H and O–H groups in total. The lowest BCUT2D eigenvalue weighted by Crippen LogP contribution is -2.29. The van der Waals surface area contributed by atoms with Crippen molar-refractivity contribution < 1.29 is 4.79 Å². The summed E-state index contributed by atoms with van der Waals surface area (Å²) in [4.78, 5) is 16.2. The molecule has 1 aliphatic rings. The summed E-state index contributed by atoms with van der Waals surface area (Å²) in [7, 11) is 0. The van der Waals surface area contributed by atoms with E-state index in [4.69, 9.17) is 17.3 Å². The topological polar surface area (TPSA) is 68.0 Å². The number of hydrogen-bond acceptors (Lipinski definition) is 4. The average Bonchev–Trinajstić information content (AvgIpc) is 2.70. The summed E-state index contributed by atoms with van der Waals surface area (Å²) in [6.07, 6.45) is 6.13. The Morgan fingerprint density at radius 1 is 1.71 bits per heavy atom. The van der Waals surface area contributed by atoms with Gasteiger partial charge < -0.3 is 11.1 Å². The Hall–Kier alpha value is -1.33. The Kier molecular flexibility index (Phi) is 3.49. The molecule has 0 aromatic carbocycles. The minimum atomic E-state index is -0.213. The van der Waals surface area contributed by atoms with E-state index in [1.54, 1.807) is 0 Å². The van der Waals surface area contributed by atoms with E-state index in [9.17, 15) is 4.79 Å². The van der Waals surface area contributed by atoms with Gasteiger partial charge in [0, 0.05) is 5.70 Å². The van der Waals surface area contributed by atoms with E-state index in [0.717, 1.165) is 29.0 Å². The molecular formula is C11H12ClN3OS. The van der Waals surface area contributed by atoms with Crippen molar-refractivity contribution >= 4 is 34.0 Å². The number of nitrogens with zero attached hydrogens (tertiary/aromatic N) is 1. The van der Waals surface area contributed by atoms with Crippen LogP contribution >= 0.6 is 22.9 Å². The number of carbonyl (C=O) groups is 1. The molecule has 2 rings (SSSR count). The number of nitrogens with two attached hydrogens (primary N) is 1. The van der Waals surface area contributed by atoms with Gasteiger partial charge in [-0.2, -0.15) is 0 Å². The van der Waals surface area contributed by atoms with E-state index < -0.39 is 0 Å². The third-order valence-corrected chi connectivity index (χ3v) is 3.67. The van der Waals surface area contributed by atoms with Gasteiger partial charge >= 0.3 is 0 Å². The Balaban J connectivity index is 2.16. The fourth-order valence-corrected chi connectivity index (χ4v) is 2.48. The van der Waals surface area contributed by atoms with Gasteiger partial charge in [-0.3, -0.25) is 4.79 Å². The Bertz CT molecular complexity index is 507. The molecule has 0 saturated carbocycles. The van der Waals surface area contributed by atoms with Crippen molar-refractivity contribution in [2.75, 3.05) is 5.73 Å². The van der Waals surface area contributed by atoms with Gasteiger partial charge in [-0.15, -0.1) is 11.6 Å². The average molecular weight is 270 g/mol. The van der Waals surface area contributed by atoms with Crippen LogP contribution < -0.4 is 11.1 Å². The highest BCUT2D eigenvalue weighted by Gasteiger charge is 2.19. The van der Waals surface area contributed by atoms with E-state index in [2.05, 4.69) is 10.3 Å². The molecule has 1 aromatic heterocycles. The van der Waals surface area contributed by atoms with E-state index in [0.29, 0.717) is 10.0 Å². The van der Waals surface area contributed by atoms with Crippen molar-refractivity contribution in [3.63, 3.8) is 0 Å². The third-order valence-electron chi connectivity index (χ3n) is 2.44. The van der Waals surface area contributed by atoms with Crippen LogP contribution in [0.15, 0.2) is 29.6 Å². The summed E-state index contributed by atoms with van der Waals surface area (Å²) in [6.45, 7) is 1.92. The summed E-state index contributed by atoms with van der Waals surface area (Å²) >= 11 is 7.31. The zero-order chi connectivity index (χ0) is 12.4. The fourth-order valence-electron chi connectivity index (χ4n) is 1.57. The van der Waals surface area contributed by atoms with Crippen molar-refractivity contribution in [3.8, 4) is 0 Å². The first-order chi connectivity index (χ1) is 8.08. The first-order valence-electron chi connectivity index (χ1n) is 5.12. The van der Waals surface area contributed by atoms with Crippen molar-refractivity contribution in [1.82, 2.24) is 10.3 Å². The highest BCUT2D eigenvalue weighted by atomic mass is 35.5. The standard InChI is InChI=1S/C11H12ClN3OS/c1-6-3-2-4-7(12)9(6)15-10(16)8-5-14-11(13)17-8/h2-3,5,7H,4H2,1H3,(H2,13,14)(H,15,16). The lowest BCUT2D eigenvalue weighted by molar-refractivity contribution is 0.0968. The number of rotatable bonds is 2. The van der Waals surface area contributed by atoms with E-state index in [-0.39, 0.29) is 11.3 Å². The number of carbonyl (C=O) groups excluding carboxylic acids is 1. The molecule has 17 heavy (non-hydrogen) atoms. The first-order valence-corrected chi connectivity index (χ1v) is 6.37. The van der Waals surface area contributed by atoms with Crippen LogP contribution in [0, 0.1) is 0 Å². The molecule has 0 radical (unpaired) electrons. The number of nitrogen functional groups attached to an aromatic ring is 1. The fraction of sp³-hybridized carbons (Fsp3) is 0.273. The molecule has 1 aliphatic carbocycles. The molecule has 1 aromatic rings. The van der Waals surface area contributed by atoms with E-state index >= 15 is 0 Å². The summed E-state index contributed by atoms with van der Waals surface area (Å²) in [5.74, 6) is -0.213. The number of halogens is 1. The second-order valence-corrected chi connectivity index (χ2v) is 5.31. The van der Waals surface area contributed by atoms with Crippen LogP contribution in [0.2, 0.25) is 0 Å². The van der Waals surface area contributed by atoms with Gasteiger partial charge in [0.25, 0.3) is 5.91 Å². The summed E-state index contributed by atoms with van der Waals surface area (Å²) in [5.41, 5.74) is 7.21. The molecule has 0 bridgehead atoms. The van der Waals surface area contributed by atoms with Gasteiger partial charge in [0.2, 0.25) is 0 Å². The highest BCUT2D eigenvalue weighted by molar-refractivity contribution is 7.17. The van der Waals surface area contributed by atoms with Crippen molar-refractivity contribution in [1.29, 1.82) is 0 Å². The smallest absolute Gasteiger partial charge is 0.267 e. The number of hydrogen-bond donors (Lipinski definition) is 2. The van der Waals surface area contributed by atoms with Gasteiger partial charge in [0.05, 0.1) is 11.6 Å². The summed E-state index contributed by atoms with van der Waals surface area (Å²) < 4.78 is 0. The minimum absolute atomic E-state index is 0.186. The lowest BCUT2D eigenvalue weighted by atomic mass is 10.0. The van der Waals surface area contributed by atoms with Gasteiger partial charge in [-0.1, -0.05) is 23.5 Å². The third kappa shape index (κ3) is 2.68. The molecule has 90 valence electrons. The maximum Gasteiger partial charge on any atom is 0.267 e. The number of alkyl halides is 1. The van der Waals surface area contributed by atoms with E-state index in [1.807, 2.05) is 19.1 Å². The normalized spacial score (nSPS) is 19.5. The highest BCUT2D eigenvalue weighted by Crippen LogP contribution is 2.23. The molecular weight excluding hydrogens is 258 g/mol. The first kappa shape index (κ1) is 12.1. The summed E-state index contributed by atoms with van der Waals surface area (Å²) in [5, 5.41) is 3.02. The Labute approximate surface area is 108 Å². The van der Waals surface area contributed by atoms with Crippen molar-refractivity contribution in [3.05, 3.63) is 34.5 Å². The van der Waals surface area contributed by atoms with E-state index in [1.165, 1.54) is 6.20 Å². The van der Waals surface area contributed by atoms with Gasteiger partial charge in [0.15, 0.2) is 5.13 Å². The molecule has 6 heteroatoms. The lowest BCUT2D eigenvalue weighted by Gasteiger charge is -2.19. The molecule has 4 nitrogen and oxygen atoms in total. The molecule has 0 fully saturated rings. The maximum absolute atomic E-state index is 11.9. The second kappa shape index (κ2) is 4.89. The molecule has 0 saturated heterocycles. The zero-order valence-corrected chi connectivity index (χ0v) is 10.8. The van der Waals surface area contributed by atoms with Gasteiger partial charge in [-0.25, -0.2) is 4.98 Å². The predicted octanol–water partition coefficient (Wildman–Crippen LogP) is 2.30. The SMILES string of the molecule is CC1=C(NC(=O)c2cnc(N)s2)C(Cl)CC=C1. The second-order valence-electron chi connectivity index (χ2n) is 3.72. The van der Waals surface area contributed by atoms with Crippen LogP contribution in [-0.2, 0) is 0 Å². The monoisotopic (exact) mass is 269 g/mol. The molecule has 0 spiro atoms. The van der Waals surface area contributed by atoms with Gasteiger partial charge in [-0.05, 0) is 18.9 Å².